The molecule has 1 amide bonds. The summed E-state index contributed by atoms with van der Waals surface area (Å²) in [5, 5.41) is 0. The van der Waals surface area contributed by atoms with Crippen LogP contribution in [-0.4, -0.2) is 21.9 Å². The number of benzene rings is 1. The molecule has 2 aromatic rings. The lowest BCUT2D eigenvalue weighted by Gasteiger charge is -2.30. The van der Waals surface area contributed by atoms with Crippen LogP contribution in [0.2, 0.25) is 0 Å². The minimum absolute atomic E-state index is 0.225. The number of rotatable bonds is 7. The zero-order chi connectivity index (χ0) is 17.6. The van der Waals surface area contributed by atoms with E-state index in [9.17, 15) is 4.79 Å². The van der Waals surface area contributed by atoms with E-state index in [1.165, 1.54) is 11.3 Å². The third-order valence-electron chi connectivity index (χ3n) is 4.18. The molecule has 0 aliphatic heterocycles. The van der Waals surface area contributed by atoms with Gasteiger partial charge < -0.3 is 9.47 Å². The fourth-order valence-corrected chi connectivity index (χ4v) is 2.80. The highest BCUT2D eigenvalue weighted by Crippen LogP contribution is 2.20. The normalized spacial score (nSPS) is 11.5. The monoisotopic (exact) mass is 326 g/mol. The highest BCUT2D eigenvalue weighted by molar-refractivity contribution is 5.81. The van der Waals surface area contributed by atoms with Gasteiger partial charge in [-0.25, -0.2) is 0 Å². The van der Waals surface area contributed by atoms with Crippen molar-refractivity contribution in [2.45, 2.75) is 53.6 Å². The molecule has 0 atom stereocenters. The molecule has 0 unspecified atom stereocenters. The van der Waals surface area contributed by atoms with Crippen LogP contribution in [-0.2, 0) is 17.9 Å². The number of carbonyl (C=O) groups is 1. The summed E-state index contributed by atoms with van der Waals surface area (Å²) < 4.78 is 2.24. The molecule has 2 rings (SSSR count). The Bertz CT molecular complexity index is 637. The first kappa shape index (κ1) is 18.3. The molecule has 0 spiro atoms. The average Bonchev–Trinajstić information content (AvgIpc) is 2.97. The summed E-state index contributed by atoms with van der Waals surface area (Å²) in [6, 6.07) is 14.6. The Balaban J connectivity index is 2.15. The molecular formula is C21H30N2O. The summed E-state index contributed by atoms with van der Waals surface area (Å²) in [5.74, 6) is 0.225. The second kappa shape index (κ2) is 8.18. The molecule has 1 aromatic heterocycles. The number of amides is 1. The van der Waals surface area contributed by atoms with E-state index in [4.69, 9.17) is 0 Å². The number of hydrogen-bond donors (Lipinski definition) is 0. The Morgan fingerprint density at radius 1 is 1.08 bits per heavy atom. The molecule has 130 valence electrons. The van der Waals surface area contributed by atoms with Crippen molar-refractivity contribution in [3.8, 4) is 0 Å². The topological polar surface area (TPSA) is 25.2 Å². The fourth-order valence-electron chi connectivity index (χ4n) is 2.80. The van der Waals surface area contributed by atoms with Crippen molar-refractivity contribution in [1.82, 2.24) is 9.47 Å². The Hall–Kier alpha value is -2.03. The van der Waals surface area contributed by atoms with Gasteiger partial charge in [-0.1, -0.05) is 64.4 Å². The van der Waals surface area contributed by atoms with E-state index >= 15 is 0 Å². The van der Waals surface area contributed by atoms with Crippen LogP contribution in [0.3, 0.4) is 0 Å². The summed E-state index contributed by atoms with van der Waals surface area (Å²) in [7, 11) is 0. The Morgan fingerprint density at radius 2 is 1.79 bits per heavy atom. The largest absolute Gasteiger partial charge is 0.345 e. The summed E-state index contributed by atoms with van der Waals surface area (Å²) in [6.07, 6.45) is 4.24. The molecule has 1 heterocycles. The third kappa shape index (κ3) is 4.98. The van der Waals surface area contributed by atoms with Crippen molar-refractivity contribution < 1.29 is 4.79 Å². The van der Waals surface area contributed by atoms with Gasteiger partial charge in [0.1, 0.15) is 0 Å². The van der Waals surface area contributed by atoms with Gasteiger partial charge in [0.2, 0.25) is 5.91 Å². The number of unbranched alkanes of at least 4 members (excludes halogenated alkanes) is 1. The second-order valence-electron chi connectivity index (χ2n) is 7.44. The molecule has 0 radical (unpaired) electrons. The molecule has 0 saturated heterocycles. The van der Waals surface area contributed by atoms with Crippen molar-refractivity contribution in [3.63, 3.8) is 0 Å². The lowest BCUT2D eigenvalue weighted by molar-refractivity contribution is -0.140. The molecule has 0 bridgehead atoms. The van der Waals surface area contributed by atoms with Gasteiger partial charge in [-0.15, -0.1) is 0 Å². The van der Waals surface area contributed by atoms with E-state index in [0.717, 1.165) is 25.9 Å². The Labute approximate surface area is 146 Å². The van der Waals surface area contributed by atoms with Gasteiger partial charge in [-0.2, -0.15) is 0 Å². The molecule has 0 saturated carbocycles. The van der Waals surface area contributed by atoms with Crippen LogP contribution < -0.4 is 0 Å². The molecule has 0 N–H and O–H groups in total. The van der Waals surface area contributed by atoms with E-state index in [2.05, 4.69) is 54.1 Å². The van der Waals surface area contributed by atoms with Crippen molar-refractivity contribution in [1.29, 1.82) is 0 Å². The third-order valence-corrected chi connectivity index (χ3v) is 4.18. The molecule has 3 nitrogen and oxygen atoms in total. The van der Waals surface area contributed by atoms with Gasteiger partial charge >= 0.3 is 0 Å². The zero-order valence-corrected chi connectivity index (χ0v) is 15.5. The minimum Gasteiger partial charge on any atom is -0.345 e. The summed E-state index contributed by atoms with van der Waals surface area (Å²) in [5.41, 5.74) is 2.12. The minimum atomic E-state index is -0.343. The van der Waals surface area contributed by atoms with Crippen LogP contribution in [0.1, 0.15) is 51.8 Å². The molecule has 0 aliphatic carbocycles. The Kier molecular flexibility index (Phi) is 6.24. The smallest absolute Gasteiger partial charge is 0.228 e. The average molecular weight is 326 g/mol. The molecule has 0 aliphatic rings. The molecular weight excluding hydrogens is 296 g/mol. The van der Waals surface area contributed by atoms with Gasteiger partial charge in [0.05, 0.1) is 6.54 Å². The summed E-state index contributed by atoms with van der Waals surface area (Å²) in [4.78, 5) is 14.8. The van der Waals surface area contributed by atoms with E-state index in [0.29, 0.717) is 6.54 Å². The molecule has 0 fully saturated rings. The summed E-state index contributed by atoms with van der Waals surface area (Å²) in [6.45, 7) is 10.5. The van der Waals surface area contributed by atoms with Crippen LogP contribution in [0.25, 0.3) is 0 Å². The predicted molar refractivity (Wildman–Crippen MR) is 99.8 cm³/mol. The first-order valence-electron chi connectivity index (χ1n) is 8.89. The zero-order valence-electron chi connectivity index (χ0n) is 15.5. The van der Waals surface area contributed by atoms with Crippen LogP contribution in [0, 0.1) is 5.41 Å². The van der Waals surface area contributed by atoms with Crippen molar-refractivity contribution in [3.05, 3.63) is 59.9 Å². The van der Waals surface area contributed by atoms with E-state index in [1.807, 2.05) is 31.7 Å². The molecule has 1 aromatic carbocycles. The highest BCUT2D eigenvalue weighted by atomic mass is 16.2. The van der Waals surface area contributed by atoms with Crippen molar-refractivity contribution in [2.75, 3.05) is 6.54 Å². The van der Waals surface area contributed by atoms with E-state index in [-0.39, 0.29) is 11.3 Å². The highest BCUT2D eigenvalue weighted by Gasteiger charge is 2.27. The Morgan fingerprint density at radius 3 is 2.42 bits per heavy atom. The van der Waals surface area contributed by atoms with Crippen LogP contribution in [0.5, 0.6) is 0 Å². The maximum atomic E-state index is 12.8. The van der Waals surface area contributed by atoms with Gasteiger partial charge in [0.25, 0.3) is 0 Å². The van der Waals surface area contributed by atoms with Gasteiger partial charge in [0, 0.05) is 30.4 Å². The standard InChI is InChI=1S/C21H30N2O/c1-5-6-14-23(20(24)21(2,3)4)17-19-13-10-15-22(19)16-18-11-8-7-9-12-18/h7-13,15H,5-6,14,16-17H2,1-4H3. The van der Waals surface area contributed by atoms with E-state index in [1.54, 1.807) is 0 Å². The molecule has 24 heavy (non-hydrogen) atoms. The van der Waals surface area contributed by atoms with Crippen LogP contribution >= 0.6 is 0 Å². The quantitative estimate of drug-likeness (QED) is 0.723. The van der Waals surface area contributed by atoms with Crippen molar-refractivity contribution >= 4 is 5.91 Å². The number of nitrogens with zero attached hydrogens (tertiary/aromatic N) is 2. The summed E-state index contributed by atoms with van der Waals surface area (Å²) >= 11 is 0. The van der Waals surface area contributed by atoms with E-state index < -0.39 is 0 Å². The lowest BCUT2D eigenvalue weighted by atomic mass is 9.94. The molecule has 3 heteroatoms. The SMILES string of the molecule is CCCCN(Cc1cccn1Cc1ccccc1)C(=O)C(C)(C)C. The maximum absolute atomic E-state index is 12.8. The fraction of sp³-hybridized carbons (Fsp3) is 0.476. The lowest BCUT2D eigenvalue weighted by Crippen LogP contribution is -2.40. The predicted octanol–water partition coefficient (Wildman–Crippen LogP) is 4.71. The van der Waals surface area contributed by atoms with Gasteiger partial charge in [-0.05, 0) is 24.1 Å². The first-order valence-corrected chi connectivity index (χ1v) is 8.89. The number of aromatic nitrogens is 1. The van der Waals surface area contributed by atoms with Crippen LogP contribution in [0.15, 0.2) is 48.7 Å². The number of carbonyl (C=O) groups excluding carboxylic acids is 1. The maximum Gasteiger partial charge on any atom is 0.228 e. The first-order chi connectivity index (χ1) is 11.4. The van der Waals surface area contributed by atoms with Crippen molar-refractivity contribution in [2.24, 2.45) is 5.41 Å². The number of hydrogen-bond acceptors (Lipinski definition) is 1. The van der Waals surface area contributed by atoms with Gasteiger partial charge in [0.15, 0.2) is 0 Å². The van der Waals surface area contributed by atoms with Gasteiger partial charge in [-0.3, -0.25) is 4.79 Å². The van der Waals surface area contributed by atoms with Crippen LogP contribution in [0.4, 0.5) is 0 Å². The second-order valence-corrected chi connectivity index (χ2v) is 7.44.